The number of aromatic nitrogens is 4. The molecule has 0 radical (unpaired) electrons. The maximum absolute atomic E-state index is 12.3. The van der Waals surface area contributed by atoms with Crippen molar-refractivity contribution in [1.82, 2.24) is 13.7 Å². The van der Waals surface area contributed by atoms with Gasteiger partial charge in [-0.1, -0.05) is 0 Å². The summed E-state index contributed by atoms with van der Waals surface area (Å²) < 4.78 is 11.3. The Bertz CT molecular complexity index is 849. The van der Waals surface area contributed by atoms with Crippen molar-refractivity contribution in [3.05, 3.63) is 27.2 Å². The van der Waals surface area contributed by atoms with Gasteiger partial charge in [-0.15, -0.1) is 0 Å². The first-order valence-electron chi connectivity index (χ1n) is 6.97. The number of aliphatic hydroxyl groups excluding tert-OH is 2. The molecule has 1 saturated heterocycles. The minimum atomic E-state index is -0.790. The number of hydrogen-bond donors (Lipinski definition) is 2. The van der Waals surface area contributed by atoms with Gasteiger partial charge in [-0.2, -0.15) is 0 Å². The molecular formula is C13H19N4O5+. The molecule has 2 aromatic heterocycles. The Morgan fingerprint density at radius 2 is 2.00 bits per heavy atom. The highest BCUT2D eigenvalue weighted by Crippen LogP contribution is 2.25. The zero-order valence-corrected chi connectivity index (χ0v) is 12.6. The number of fused-ring (bicyclic) bond motifs is 1. The fraction of sp³-hybridized carbons (Fsp3) is 0.615. The van der Waals surface area contributed by atoms with Crippen LogP contribution in [0, 0.1) is 0 Å². The molecule has 3 atom stereocenters. The van der Waals surface area contributed by atoms with Crippen LogP contribution in [0.2, 0.25) is 0 Å². The number of aryl methyl sites for hydroxylation is 2. The lowest BCUT2D eigenvalue weighted by molar-refractivity contribution is -0.740. The van der Waals surface area contributed by atoms with Gasteiger partial charge in [0.05, 0.1) is 26.8 Å². The number of imidazole rings is 1. The quantitative estimate of drug-likeness (QED) is 0.597. The zero-order chi connectivity index (χ0) is 16.2. The number of rotatable bonds is 2. The van der Waals surface area contributed by atoms with Crippen LogP contribution < -0.4 is 15.8 Å². The van der Waals surface area contributed by atoms with Crippen LogP contribution in [0.25, 0.3) is 11.2 Å². The molecule has 1 aliphatic heterocycles. The van der Waals surface area contributed by atoms with E-state index in [9.17, 15) is 19.8 Å². The number of hydrogen-bond acceptors (Lipinski definition) is 5. The Morgan fingerprint density at radius 3 is 2.59 bits per heavy atom. The second-order valence-corrected chi connectivity index (χ2v) is 5.63. The van der Waals surface area contributed by atoms with Crippen LogP contribution in [0.4, 0.5) is 0 Å². The first-order valence-corrected chi connectivity index (χ1v) is 6.97. The van der Waals surface area contributed by atoms with Crippen LogP contribution in [0.15, 0.2) is 15.9 Å². The third-order valence-corrected chi connectivity index (χ3v) is 4.20. The highest BCUT2D eigenvalue weighted by atomic mass is 16.5. The van der Waals surface area contributed by atoms with Crippen molar-refractivity contribution in [2.24, 2.45) is 21.1 Å². The summed E-state index contributed by atoms with van der Waals surface area (Å²) in [4.78, 5) is 24.5. The lowest BCUT2D eigenvalue weighted by atomic mass is 10.2. The lowest BCUT2D eigenvalue weighted by Gasteiger charge is -2.11. The maximum Gasteiger partial charge on any atom is 0.388 e. The van der Waals surface area contributed by atoms with Crippen LogP contribution in [0.5, 0.6) is 0 Å². The van der Waals surface area contributed by atoms with E-state index in [-0.39, 0.29) is 13.0 Å². The molecule has 0 spiro atoms. The van der Waals surface area contributed by atoms with Crippen molar-refractivity contribution in [3.8, 4) is 0 Å². The van der Waals surface area contributed by atoms with Gasteiger partial charge in [0.1, 0.15) is 6.10 Å². The fourth-order valence-corrected chi connectivity index (χ4v) is 2.98. The van der Waals surface area contributed by atoms with E-state index in [1.54, 1.807) is 29.6 Å². The normalized spacial score (nSPS) is 25.2. The van der Waals surface area contributed by atoms with Crippen LogP contribution in [0.1, 0.15) is 12.6 Å². The van der Waals surface area contributed by atoms with Gasteiger partial charge in [0.15, 0.2) is 12.6 Å². The predicted molar refractivity (Wildman–Crippen MR) is 75.2 cm³/mol. The van der Waals surface area contributed by atoms with E-state index in [0.717, 1.165) is 4.57 Å². The molecule has 9 nitrogen and oxygen atoms in total. The molecule has 120 valence electrons. The second-order valence-electron chi connectivity index (χ2n) is 5.63. The molecule has 9 heteroatoms. The summed E-state index contributed by atoms with van der Waals surface area (Å²) in [6, 6.07) is 0. The molecule has 0 bridgehead atoms. The first kappa shape index (κ1) is 14.9. The van der Waals surface area contributed by atoms with Gasteiger partial charge >= 0.3 is 11.2 Å². The molecule has 0 unspecified atom stereocenters. The van der Waals surface area contributed by atoms with E-state index in [0.29, 0.717) is 11.2 Å². The van der Waals surface area contributed by atoms with Crippen molar-refractivity contribution >= 4 is 11.2 Å². The van der Waals surface area contributed by atoms with Crippen LogP contribution in [0.3, 0.4) is 0 Å². The molecule has 2 N–H and O–H groups in total. The molecule has 2 aromatic rings. The summed E-state index contributed by atoms with van der Waals surface area (Å²) in [5.41, 5.74) is -0.0344. The molecule has 0 aromatic carbocycles. The average Bonchev–Trinajstić information content (AvgIpc) is 3.03. The van der Waals surface area contributed by atoms with Crippen LogP contribution in [-0.4, -0.2) is 42.7 Å². The Labute approximate surface area is 125 Å². The molecule has 3 rings (SSSR count). The van der Waals surface area contributed by atoms with Crippen molar-refractivity contribution in [3.63, 3.8) is 0 Å². The highest BCUT2D eigenvalue weighted by Gasteiger charge is 2.38. The largest absolute Gasteiger partial charge is 0.394 e. The summed E-state index contributed by atoms with van der Waals surface area (Å²) in [5.74, 6) is 0. The predicted octanol–water partition coefficient (Wildman–Crippen LogP) is -2.50. The Hall–Kier alpha value is -1.97. The van der Waals surface area contributed by atoms with Gasteiger partial charge in [0, 0.05) is 13.5 Å². The van der Waals surface area contributed by atoms with Gasteiger partial charge in [0.2, 0.25) is 5.52 Å². The van der Waals surface area contributed by atoms with Gasteiger partial charge in [-0.25, -0.2) is 18.5 Å². The molecule has 22 heavy (non-hydrogen) atoms. The third kappa shape index (κ3) is 1.93. The number of nitrogens with zero attached hydrogens (tertiary/aromatic N) is 4. The highest BCUT2D eigenvalue weighted by molar-refractivity contribution is 5.66. The van der Waals surface area contributed by atoms with Crippen molar-refractivity contribution in [2.45, 2.75) is 24.9 Å². The number of aliphatic hydroxyl groups is 2. The summed E-state index contributed by atoms with van der Waals surface area (Å²) >= 11 is 0. The molecule has 0 aliphatic carbocycles. The summed E-state index contributed by atoms with van der Waals surface area (Å²) in [6.45, 7) is -0.288. The molecule has 0 saturated carbocycles. The van der Waals surface area contributed by atoms with Gasteiger partial charge in [-0.05, 0) is 0 Å². The minimum absolute atomic E-state index is 0.276. The Kier molecular flexibility index (Phi) is 3.42. The fourth-order valence-electron chi connectivity index (χ4n) is 2.98. The van der Waals surface area contributed by atoms with Crippen molar-refractivity contribution in [2.75, 3.05) is 6.61 Å². The second kappa shape index (κ2) is 5.04. The van der Waals surface area contributed by atoms with Gasteiger partial charge in [-0.3, -0.25) is 9.36 Å². The summed E-state index contributed by atoms with van der Waals surface area (Å²) in [5, 5.41) is 19.1. The van der Waals surface area contributed by atoms with E-state index < -0.39 is 29.7 Å². The first-order chi connectivity index (χ1) is 10.4. The summed E-state index contributed by atoms with van der Waals surface area (Å²) in [6.07, 6.45) is -0.0765. The van der Waals surface area contributed by atoms with Crippen LogP contribution in [-0.2, 0) is 25.9 Å². The summed E-state index contributed by atoms with van der Waals surface area (Å²) in [7, 11) is 4.72. The van der Waals surface area contributed by atoms with Crippen molar-refractivity contribution in [1.29, 1.82) is 0 Å². The van der Waals surface area contributed by atoms with E-state index in [2.05, 4.69) is 0 Å². The molecule has 0 amide bonds. The monoisotopic (exact) mass is 311 g/mol. The SMILES string of the molecule is Cn1c(=O)c2c(n(C)c1=O)[n+]([C@H]1C[C@H](O)[C@@H](CO)O1)cn2C. The van der Waals surface area contributed by atoms with Gasteiger partial charge < -0.3 is 14.9 Å². The van der Waals surface area contributed by atoms with E-state index >= 15 is 0 Å². The molecule has 3 heterocycles. The maximum atomic E-state index is 12.3. The standard InChI is InChI=1S/C13H19N4O5/c1-14-6-17(9-4-7(19)8(5-18)22-9)11-10(14)12(20)16(3)13(21)15(11)2/h6-9,18-19H,4-5H2,1-3H3/q+1/t7-,8+,9+/m0/s1. The molecule has 1 aliphatic rings. The van der Waals surface area contributed by atoms with Gasteiger partial charge in [0.25, 0.3) is 5.65 Å². The lowest BCUT2D eigenvalue weighted by Crippen LogP contribution is -2.45. The molecular weight excluding hydrogens is 292 g/mol. The van der Waals surface area contributed by atoms with E-state index in [4.69, 9.17) is 4.74 Å². The minimum Gasteiger partial charge on any atom is -0.394 e. The third-order valence-electron chi connectivity index (χ3n) is 4.20. The van der Waals surface area contributed by atoms with E-state index in [1.807, 2.05) is 0 Å². The Balaban J connectivity index is 2.25. The van der Waals surface area contributed by atoms with E-state index in [1.165, 1.54) is 11.6 Å². The topological polar surface area (TPSA) is 102 Å². The smallest absolute Gasteiger partial charge is 0.388 e. The van der Waals surface area contributed by atoms with Crippen LogP contribution >= 0.6 is 0 Å². The zero-order valence-electron chi connectivity index (χ0n) is 12.6. The molecule has 1 fully saturated rings. The number of ether oxygens (including phenoxy) is 1. The average molecular weight is 311 g/mol. The van der Waals surface area contributed by atoms with Crippen molar-refractivity contribution < 1.29 is 19.5 Å². The Morgan fingerprint density at radius 1 is 1.32 bits per heavy atom.